The number of aryl methyl sites for hydroxylation is 1. The lowest BCUT2D eigenvalue weighted by atomic mass is 10.1. The first-order chi connectivity index (χ1) is 15.5. The standard InChI is InChI=1S/C24H32ClN3O4S/c1-5-26-24(30)19(3)27(17-20-9-6-8-18(2)16-20)23(29)10-7-15-28(33(4,31)32)22-13-11-21(25)12-14-22/h6,8-9,11-14,16,19H,5,7,10,15,17H2,1-4H3,(H,26,30). The lowest BCUT2D eigenvalue weighted by molar-refractivity contribution is -0.140. The van der Waals surface area contributed by atoms with Gasteiger partial charge in [0.15, 0.2) is 0 Å². The van der Waals surface area contributed by atoms with Crippen molar-refractivity contribution in [3.05, 3.63) is 64.7 Å². The summed E-state index contributed by atoms with van der Waals surface area (Å²) in [4.78, 5) is 27.2. The molecule has 0 spiro atoms. The fourth-order valence-corrected chi connectivity index (χ4v) is 4.61. The fraction of sp³-hybridized carbons (Fsp3) is 0.417. The lowest BCUT2D eigenvalue weighted by Crippen LogP contribution is -2.47. The molecule has 0 saturated heterocycles. The summed E-state index contributed by atoms with van der Waals surface area (Å²) >= 11 is 5.91. The van der Waals surface area contributed by atoms with Gasteiger partial charge in [-0.2, -0.15) is 0 Å². The smallest absolute Gasteiger partial charge is 0.242 e. The van der Waals surface area contributed by atoms with E-state index in [0.29, 0.717) is 30.2 Å². The molecular weight excluding hydrogens is 462 g/mol. The van der Waals surface area contributed by atoms with E-state index in [4.69, 9.17) is 11.6 Å². The number of sulfonamides is 1. The predicted molar refractivity (Wildman–Crippen MR) is 133 cm³/mol. The van der Waals surface area contributed by atoms with Crippen molar-refractivity contribution in [1.29, 1.82) is 0 Å². The minimum atomic E-state index is -3.54. The van der Waals surface area contributed by atoms with E-state index in [1.807, 2.05) is 38.1 Å². The van der Waals surface area contributed by atoms with Gasteiger partial charge >= 0.3 is 0 Å². The zero-order valence-corrected chi connectivity index (χ0v) is 21.1. The quantitative estimate of drug-likeness (QED) is 0.516. The highest BCUT2D eigenvalue weighted by Crippen LogP contribution is 2.21. The van der Waals surface area contributed by atoms with Crippen LogP contribution >= 0.6 is 11.6 Å². The highest BCUT2D eigenvalue weighted by molar-refractivity contribution is 7.92. The van der Waals surface area contributed by atoms with E-state index >= 15 is 0 Å². The first-order valence-corrected chi connectivity index (χ1v) is 13.1. The van der Waals surface area contributed by atoms with E-state index in [9.17, 15) is 18.0 Å². The second-order valence-electron chi connectivity index (χ2n) is 8.00. The molecule has 0 fully saturated rings. The van der Waals surface area contributed by atoms with Crippen LogP contribution in [0.25, 0.3) is 0 Å². The van der Waals surface area contributed by atoms with Crippen molar-refractivity contribution >= 4 is 39.1 Å². The lowest BCUT2D eigenvalue weighted by Gasteiger charge is -2.29. The minimum absolute atomic E-state index is 0.106. The average Bonchev–Trinajstić information content (AvgIpc) is 2.74. The third-order valence-corrected chi connectivity index (χ3v) is 6.67. The Labute approximate surface area is 201 Å². The van der Waals surface area contributed by atoms with E-state index in [1.54, 1.807) is 36.1 Å². The molecule has 2 amide bonds. The zero-order valence-electron chi connectivity index (χ0n) is 19.5. The summed E-state index contributed by atoms with van der Waals surface area (Å²) in [5.41, 5.74) is 2.48. The highest BCUT2D eigenvalue weighted by Gasteiger charge is 2.26. The second-order valence-corrected chi connectivity index (χ2v) is 10.3. The van der Waals surface area contributed by atoms with E-state index in [0.717, 1.165) is 17.4 Å². The molecule has 0 radical (unpaired) electrons. The molecule has 1 N–H and O–H groups in total. The Bertz CT molecular complexity index is 1060. The molecule has 0 aliphatic heterocycles. The maximum atomic E-state index is 13.2. The molecule has 2 rings (SSSR count). The van der Waals surface area contributed by atoms with Gasteiger partial charge in [-0.25, -0.2) is 8.42 Å². The van der Waals surface area contributed by atoms with Crippen molar-refractivity contribution in [2.24, 2.45) is 0 Å². The number of hydrogen-bond acceptors (Lipinski definition) is 4. The number of amides is 2. The van der Waals surface area contributed by atoms with Gasteiger partial charge in [-0.3, -0.25) is 13.9 Å². The molecule has 1 atom stereocenters. The van der Waals surface area contributed by atoms with E-state index < -0.39 is 16.1 Å². The summed E-state index contributed by atoms with van der Waals surface area (Å²) in [6, 6.07) is 13.6. The molecule has 0 aliphatic rings. The molecule has 0 heterocycles. The first kappa shape index (κ1) is 26.7. The predicted octanol–water partition coefficient (Wildman–Crippen LogP) is 3.75. The van der Waals surface area contributed by atoms with Crippen LogP contribution in [-0.2, 0) is 26.2 Å². The van der Waals surface area contributed by atoms with Gasteiger partial charge in [0.2, 0.25) is 21.8 Å². The van der Waals surface area contributed by atoms with Crippen LogP contribution in [0.4, 0.5) is 5.69 Å². The Morgan fingerprint density at radius 3 is 2.36 bits per heavy atom. The summed E-state index contributed by atoms with van der Waals surface area (Å²) in [5.74, 6) is -0.433. The Kier molecular flexibility index (Phi) is 9.73. The minimum Gasteiger partial charge on any atom is -0.355 e. The number of halogens is 1. The Balaban J connectivity index is 2.14. The van der Waals surface area contributed by atoms with Gasteiger partial charge in [0.25, 0.3) is 0 Å². The van der Waals surface area contributed by atoms with Crippen LogP contribution in [0.2, 0.25) is 5.02 Å². The average molecular weight is 494 g/mol. The first-order valence-electron chi connectivity index (χ1n) is 10.9. The van der Waals surface area contributed by atoms with Crippen molar-refractivity contribution in [2.45, 2.75) is 46.2 Å². The number of benzene rings is 2. The van der Waals surface area contributed by atoms with Crippen LogP contribution in [0, 0.1) is 6.92 Å². The van der Waals surface area contributed by atoms with E-state index in [1.165, 1.54) is 4.31 Å². The van der Waals surface area contributed by atoms with Crippen LogP contribution in [0.3, 0.4) is 0 Å². The maximum Gasteiger partial charge on any atom is 0.242 e. The van der Waals surface area contributed by atoms with Gasteiger partial charge in [0, 0.05) is 31.1 Å². The van der Waals surface area contributed by atoms with Gasteiger partial charge in [-0.05, 0) is 57.0 Å². The topological polar surface area (TPSA) is 86.8 Å². The summed E-state index contributed by atoms with van der Waals surface area (Å²) in [7, 11) is -3.54. The van der Waals surface area contributed by atoms with Crippen molar-refractivity contribution in [2.75, 3.05) is 23.7 Å². The fourth-order valence-electron chi connectivity index (χ4n) is 3.52. The second kappa shape index (κ2) is 12.0. The largest absolute Gasteiger partial charge is 0.355 e. The van der Waals surface area contributed by atoms with Crippen LogP contribution < -0.4 is 9.62 Å². The Morgan fingerprint density at radius 2 is 1.79 bits per heavy atom. The normalized spacial score (nSPS) is 12.2. The molecule has 2 aromatic rings. The Morgan fingerprint density at radius 1 is 1.12 bits per heavy atom. The summed E-state index contributed by atoms with van der Waals surface area (Å²) in [6.07, 6.45) is 1.54. The monoisotopic (exact) mass is 493 g/mol. The summed E-state index contributed by atoms with van der Waals surface area (Å²) < 4.78 is 25.9. The van der Waals surface area contributed by atoms with Gasteiger partial charge in [0.1, 0.15) is 6.04 Å². The number of rotatable bonds is 11. The molecular formula is C24H32ClN3O4S. The molecule has 0 saturated carbocycles. The number of anilines is 1. The highest BCUT2D eigenvalue weighted by atomic mass is 35.5. The molecule has 0 bridgehead atoms. The van der Waals surface area contributed by atoms with Gasteiger partial charge in [-0.15, -0.1) is 0 Å². The van der Waals surface area contributed by atoms with E-state index in [-0.39, 0.29) is 24.8 Å². The van der Waals surface area contributed by atoms with Crippen LogP contribution in [0.1, 0.15) is 37.8 Å². The maximum absolute atomic E-state index is 13.2. The van der Waals surface area contributed by atoms with Crippen molar-refractivity contribution in [3.63, 3.8) is 0 Å². The van der Waals surface area contributed by atoms with Gasteiger partial charge in [0.05, 0.1) is 11.9 Å². The number of hydrogen-bond donors (Lipinski definition) is 1. The number of likely N-dealkylation sites (N-methyl/N-ethyl adjacent to an activating group) is 1. The van der Waals surface area contributed by atoms with Crippen molar-refractivity contribution in [3.8, 4) is 0 Å². The Hall–Kier alpha value is -2.58. The molecule has 0 aliphatic carbocycles. The number of carbonyl (C=O) groups excluding carboxylic acids is 2. The summed E-state index contributed by atoms with van der Waals surface area (Å²) in [5, 5.41) is 3.27. The van der Waals surface area contributed by atoms with Crippen LogP contribution in [-0.4, -0.2) is 50.5 Å². The van der Waals surface area contributed by atoms with Crippen LogP contribution in [0.5, 0.6) is 0 Å². The molecule has 7 nitrogen and oxygen atoms in total. The molecule has 2 aromatic carbocycles. The molecule has 33 heavy (non-hydrogen) atoms. The van der Waals surface area contributed by atoms with Crippen molar-refractivity contribution < 1.29 is 18.0 Å². The summed E-state index contributed by atoms with van der Waals surface area (Å²) in [6.45, 7) is 6.41. The third-order valence-electron chi connectivity index (χ3n) is 5.22. The third kappa shape index (κ3) is 8.05. The number of nitrogens with zero attached hydrogens (tertiary/aromatic N) is 2. The number of carbonyl (C=O) groups is 2. The molecule has 180 valence electrons. The van der Waals surface area contributed by atoms with Crippen LogP contribution in [0.15, 0.2) is 48.5 Å². The van der Waals surface area contributed by atoms with Crippen molar-refractivity contribution in [1.82, 2.24) is 10.2 Å². The van der Waals surface area contributed by atoms with Gasteiger partial charge in [-0.1, -0.05) is 41.4 Å². The van der Waals surface area contributed by atoms with Gasteiger partial charge < -0.3 is 10.2 Å². The zero-order chi connectivity index (χ0) is 24.6. The number of nitrogens with one attached hydrogen (secondary N) is 1. The SMILES string of the molecule is CCNC(=O)C(C)N(Cc1cccc(C)c1)C(=O)CCCN(c1ccc(Cl)cc1)S(C)(=O)=O. The molecule has 1 unspecified atom stereocenters. The van der Waals surface area contributed by atoms with E-state index in [2.05, 4.69) is 5.32 Å². The molecule has 9 heteroatoms. The molecule has 0 aromatic heterocycles.